The minimum Gasteiger partial charge on any atom is -0.369 e. The Labute approximate surface area is 69.4 Å². The summed E-state index contributed by atoms with van der Waals surface area (Å²) in [6.45, 7) is 6.66. The number of hydrogen-bond acceptors (Lipinski definition) is 1. The van der Waals surface area contributed by atoms with Gasteiger partial charge in [0, 0.05) is 13.1 Å². The van der Waals surface area contributed by atoms with Crippen LogP contribution in [0.3, 0.4) is 0 Å². The third kappa shape index (κ3) is 3.83. The second-order valence-electron chi connectivity index (χ2n) is 3.25. The Bertz CT molecular complexity index is 101. The van der Waals surface area contributed by atoms with E-state index >= 15 is 0 Å². The Morgan fingerprint density at radius 1 is 1.40 bits per heavy atom. The van der Waals surface area contributed by atoms with Crippen molar-refractivity contribution in [3.63, 3.8) is 0 Å². The van der Waals surface area contributed by atoms with Crippen molar-refractivity contribution < 1.29 is 0 Å². The Kier molecular flexibility index (Phi) is 4.62. The second-order valence-corrected chi connectivity index (χ2v) is 3.46. The summed E-state index contributed by atoms with van der Waals surface area (Å²) in [4.78, 5) is 2.08. The van der Waals surface area contributed by atoms with Crippen LogP contribution in [-0.2, 0) is 0 Å². The van der Waals surface area contributed by atoms with Gasteiger partial charge in [0.15, 0.2) is 0 Å². The van der Waals surface area contributed by atoms with Crippen LogP contribution in [0.15, 0.2) is 0 Å². The SMILES string of the molecule is CC(C)CC(C)N(C)C=S. The molecule has 0 radical (unpaired) electrons. The molecule has 1 unspecified atom stereocenters. The smallest absolute Gasteiger partial charge is 0.0640 e. The molecule has 0 heterocycles. The summed E-state index contributed by atoms with van der Waals surface area (Å²) in [6, 6.07) is 0.581. The van der Waals surface area contributed by atoms with Crippen LogP contribution in [0.25, 0.3) is 0 Å². The van der Waals surface area contributed by atoms with Crippen molar-refractivity contribution in [1.29, 1.82) is 0 Å². The first-order valence-corrected chi connectivity index (χ1v) is 4.22. The van der Waals surface area contributed by atoms with Crippen molar-refractivity contribution in [2.24, 2.45) is 5.92 Å². The van der Waals surface area contributed by atoms with Gasteiger partial charge in [0.05, 0.1) is 5.49 Å². The summed E-state index contributed by atoms with van der Waals surface area (Å²) < 4.78 is 0. The first-order chi connectivity index (χ1) is 4.57. The van der Waals surface area contributed by atoms with Gasteiger partial charge in [-0.1, -0.05) is 26.1 Å². The van der Waals surface area contributed by atoms with E-state index in [9.17, 15) is 0 Å². The van der Waals surface area contributed by atoms with Crippen molar-refractivity contribution in [1.82, 2.24) is 4.90 Å². The van der Waals surface area contributed by atoms with Gasteiger partial charge in [-0.15, -0.1) is 0 Å². The fourth-order valence-corrected chi connectivity index (χ4v) is 1.16. The van der Waals surface area contributed by atoms with Crippen LogP contribution in [0.4, 0.5) is 0 Å². The number of rotatable bonds is 4. The Hall–Kier alpha value is -0.110. The van der Waals surface area contributed by atoms with Gasteiger partial charge in [-0.05, 0) is 19.3 Å². The molecule has 0 aromatic carbocycles. The summed E-state index contributed by atoms with van der Waals surface area (Å²) >= 11 is 4.80. The van der Waals surface area contributed by atoms with Crippen molar-refractivity contribution in [3.8, 4) is 0 Å². The molecule has 0 aliphatic carbocycles. The van der Waals surface area contributed by atoms with Gasteiger partial charge in [-0.2, -0.15) is 0 Å². The fourth-order valence-electron chi connectivity index (χ4n) is 0.952. The molecular weight excluding hydrogens is 142 g/mol. The van der Waals surface area contributed by atoms with Crippen LogP contribution in [0.2, 0.25) is 0 Å². The topological polar surface area (TPSA) is 3.24 Å². The van der Waals surface area contributed by atoms with Gasteiger partial charge >= 0.3 is 0 Å². The van der Waals surface area contributed by atoms with E-state index in [-0.39, 0.29) is 0 Å². The van der Waals surface area contributed by atoms with Crippen LogP contribution in [-0.4, -0.2) is 23.5 Å². The Morgan fingerprint density at radius 2 is 1.90 bits per heavy atom. The van der Waals surface area contributed by atoms with E-state index in [1.54, 1.807) is 5.49 Å². The molecule has 0 saturated carbocycles. The van der Waals surface area contributed by atoms with E-state index in [1.165, 1.54) is 6.42 Å². The molecule has 0 N–H and O–H groups in total. The summed E-state index contributed by atoms with van der Waals surface area (Å²) in [5.74, 6) is 0.757. The molecule has 0 spiro atoms. The average molecular weight is 159 g/mol. The second kappa shape index (κ2) is 4.67. The van der Waals surface area contributed by atoms with E-state index in [1.807, 2.05) is 7.05 Å². The van der Waals surface area contributed by atoms with E-state index in [0.717, 1.165) is 5.92 Å². The maximum absolute atomic E-state index is 4.80. The molecule has 2 heteroatoms. The van der Waals surface area contributed by atoms with Gasteiger partial charge in [-0.25, -0.2) is 0 Å². The van der Waals surface area contributed by atoms with Gasteiger partial charge in [0.25, 0.3) is 0 Å². The summed E-state index contributed by atoms with van der Waals surface area (Å²) in [7, 11) is 2.03. The van der Waals surface area contributed by atoms with E-state index in [4.69, 9.17) is 12.2 Å². The normalized spacial score (nSPS) is 13.3. The van der Waals surface area contributed by atoms with Crippen LogP contribution >= 0.6 is 12.2 Å². The van der Waals surface area contributed by atoms with Gasteiger partial charge in [-0.3, -0.25) is 0 Å². The minimum absolute atomic E-state index is 0.581. The number of nitrogens with zero attached hydrogens (tertiary/aromatic N) is 1. The molecule has 1 atom stereocenters. The molecule has 10 heavy (non-hydrogen) atoms. The average Bonchev–Trinajstić information content (AvgIpc) is 1.85. The highest BCUT2D eigenvalue weighted by Gasteiger charge is 2.06. The first-order valence-electron chi connectivity index (χ1n) is 3.75. The third-order valence-corrected chi connectivity index (χ3v) is 2.01. The molecule has 0 fully saturated rings. The Balaban J connectivity index is 3.60. The zero-order valence-electron chi connectivity index (χ0n) is 7.29. The van der Waals surface area contributed by atoms with E-state index < -0.39 is 0 Å². The van der Waals surface area contributed by atoms with Crippen molar-refractivity contribution in [3.05, 3.63) is 0 Å². The highest BCUT2D eigenvalue weighted by molar-refractivity contribution is 7.78. The molecule has 0 amide bonds. The summed E-state index contributed by atoms with van der Waals surface area (Å²) in [5, 5.41) is 0. The molecule has 0 saturated heterocycles. The van der Waals surface area contributed by atoms with E-state index in [2.05, 4.69) is 25.7 Å². The lowest BCUT2D eigenvalue weighted by atomic mass is 10.1. The standard InChI is InChI=1S/C8H17NS/c1-7(2)5-8(3)9(4)6-10/h6-8H,5H2,1-4H3. The quantitative estimate of drug-likeness (QED) is 0.579. The maximum Gasteiger partial charge on any atom is 0.0640 e. The highest BCUT2D eigenvalue weighted by Crippen LogP contribution is 2.07. The molecule has 0 aromatic heterocycles. The Morgan fingerprint density at radius 3 is 2.20 bits per heavy atom. The maximum atomic E-state index is 4.80. The van der Waals surface area contributed by atoms with Gasteiger partial charge in [0.1, 0.15) is 0 Å². The van der Waals surface area contributed by atoms with Crippen molar-refractivity contribution in [2.45, 2.75) is 33.2 Å². The zero-order chi connectivity index (χ0) is 8.15. The lowest BCUT2D eigenvalue weighted by Gasteiger charge is -2.23. The monoisotopic (exact) mass is 159 g/mol. The molecule has 0 bridgehead atoms. The van der Waals surface area contributed by atoms with Gasteiger partial charge < -0.3 is 4.90 Å². The predicted octanol–water partition coefficient (Wildman–Crippen LogP) is 2.31. The predicted molar refractivity (Wildman–Crippen MR) is 50.3 cm³/mol. The van der Waals surface area contributed by atoms with Crippen LogP contribution in [0.5, 0.6) is 0 Å². The third-order valence-electron chi connectivity index (χ3n) is 1.67. The zero-order valence-corrected chi connectivity index (χ0v) is 8.11. The first kappa shape index (κ1) is 9.89. The molecular formula is C8H17NS. The largest absolute Gasteiger partial charge is 0.369 e. The molecule has 60 valence electrons. The molecule has 0 aliphatic heterocycles. The lowest BCUT2D eigenvalue weighted by molar-refractivity contribution is 0.344. The van der Waals surface area contributed by atoms with Gasteiger partial charge in [0.2, 0.25) is 0 Å². The molecule has 0 aliphatic rings. The fraction of sp³-hybridized carbons (Fsp3) is 0.875. The minimum atomic E-state index is 0.581. The molecule has 0 aromatic rings. The molecule has 1 nitrogen and oxygen atoms in total. The van der Waals surface area contributed by atoms with Crippen LogP contribution < -0.4 is 0 Å². The summed E-state index contributed by atoms with van der Waals surface area (Å²) in [5.41, 5.74) is 1.72. The molecule has 0 rings (SSSR count). The van der Waals surface area contributed by atoms with Crippen molar-refractivity contribution >= 4 is 17.7 Å². The number of thiocarbonyl (C=S) groups is 1. The van der Waals surface area contributed by atoms with Crippen LogP contribution in [0, 0.1) is 5.92 Å². The number of hydrogen-bond donors (Lipinski definition) is 0. The highest BCUT2D eigenvalue weighted by atomic mass is 32.1. The summed E-state index contributed by atoms with van der Waals surface area (Å²) in [6.07, 6.45) is 1.21. The van der Waals surface area contributed by atoms with Crippen LogP contribution in [0.1, 0.15) is 27.2 Å². The van der Waals surface area contributed by atoms with E-state index in [0.29, 0.717) is 6.04 Å². The lowest BCUT2D eigenvalue weighted by Crippen LogP contribution is -2.27. The van der Waals surface area contributed by atoms with Crippen molar-refractivity contribution in [2.75, 3.05) is 7.05 Å².